The lowest BCUT2D eigenvalue weighted by molar-refractivity contribution is 0.524. The average Bonchev–Trinajstić information content (AvgIpc) is 2.21. The second-order valence-corrected chi connectivity index (χ2v) is 7.61. The van der Waals surface area contributed by atoms with Gasteiger partial charge >= 0.3 is 0 Å². The van der Waals surface area contributed by atoms with E-state index in [0.29, 0.717) is 21.1 Å². The third-order valence-electron chi connectivity index (χ3n) is 2.99. The maximum absolute atomic E-state index is 12.0. The molecule has 1 fully saturated rings. The number of hydrogen-bond acceptors (Lipinski definition) is 4. The number of fused-ring (bicyclic) bond motifs is 1. The molecule has 1 aliphatic heterocycles. The Balaban J connectivity index is 1.95. The van der Waals surface area contributed by atoms with Gasteiger partial charge in [0.15, 0.2) is 5.17 Å². The number of hydrogen-bond donors (Lipinski definition) is 1. The molecule has 0 radical (unpaired) electrons. The SMILES string of the molecule is O=S1(=O)N=C(SC2CCC2)Nc2cc(Cl)ccc21. The molecule has 7 heteroatoms. The molecular weight excluding hydrogens is 292 g/mol. The lowest BCUT2D eigenvalue weighted by Crippen LogP contribution is -2.24. The summed E-state index contributed by atoms with van der Waals surface area (Å²) in [6.45, 7) is 0. The van der Waals surface area contributed by atoms with E-state index >= 15 is 0 Å². The molecule has 96 valence electrons. The Bertz CT molecular complexity index is 624. The summed E-state index contributed by atoms with van der Waals surface area (Å²) in [5.74, 6) is 0. The summed E-state index contributed by atoms with van der Waals surface area (Å²) >= 11 is 7.38. The number of benzene rings is 1. The zero-order valence-electron chi connectivity index (χ0n) is 9.39. The van der Waals surface area contributed by atoms with E-state index in [-0.39, 0.29) is 4.90 Å². The molecule has 2 aliphatic rings. The highest BCUT2D eigenvalue weighted by Crippen LogP contribution is 2.36. The minimum absolute atomic E-state index is 0.185. The fourth-order valence-corrected chi connectivity index (χ4v) is 4.50. The molecule has 1 aromatic rings. The van der Waals surface area contributed by atoms with Gasteiger partial charge in [0.2, 0.25) is 0 Å². The summed E-state index contributed by atoms with van der Waals surface area (Å²) in [6.07, 6.45) is 3.45. The van der Waals surface area contributed by atoms with Crippen LogP contribution in [0, 0.1) is 0 Å². The first kappa shape index (κ1) is 12.3. The second-order valence-electron chi connectivity index (χ2n) is 4.31. The van der Waals surface area contributed by atoms with Crippen LogP contribution in [0.25, 0.3) is 0 Å². The molecule has 0 saturated heterocycles. The van der Waals surface area contributed by atoms with Gasteiger partial charge in [-0.15, -0.1) is 4.40 Å². The number of nitrogens with one attached hydrogen (secondary N) is 1. The van der Waals surface area contributed by atoms with Crippen LogP contribution in [0.5, 0.6) is 0 Å². The van der Waals surface area contributed by atoms with Gasteiger partial charge in [-0.05, 0) is 31.0 Å². The number of amidine groups is 1. The monoisotopic (exact) mass is 302 g/mol. The quantitative estimate of drug-likeness (QED) is 0.866. The van der Waals surface area contributed by atoms with Crippen molar-refractivity contribution in [3.63, 3.8) is 0 Å². The molecule has 1 saturated carbocycles. The predicted octanol–water partition coefficient (Wildman–Crippen LogP) is 3.10. The predicted molar refractivity (Wildman–Crippen MR) is 74.9 cm³/mol. The first-order valence-electron chi connectivity index (χ1n) is 5.63. The topological polar surface area (TPSA) is 58.5 Å². The Morgan fingerprint density at radius 2 is 2.17 bits per heavy atom. The Kier molecular flexibility index (Phi) is 3.03. The summed E-state index contributed by atoms with van der Waals surface area (Å²) in [5, 5.41) is 4.48. The molecule has 4 nitrogen and oxygen atoms in total. The van der Waals surface area contributed by atoms with Crippen LogP contribution in [-0.4, -0.2) is 18.8 Å². The molecule has 0 aromatic heterocycles. The largest absolute Gasteiger partial charge is 0.333 e. The van der Waals surface area contributed by atoms with E-state index in [1.54, 1.807) is 12.1 Å². The Morgan fingerprint density at radius 1 is 1.39 bits per heavy atom. The van der Waals surface area contributed by atoms with E-state index in [9.17, 15) is 8.42 Å². The number of rotatable bonds is 1. The summed E-state index contributed by atoms with van der Waals surface area (Å²) < 4.78 is 27.8. The van der Waals surface area contributed by atoms with Gasteiger partial charge in [0, 0.05) is 10.3 Å². The maximum Gasteiger partial charge on any atom is 0.286 e. The third-order valence-corrected chi connectivity index (χ3v) is 5.90. The van der Waals surface area contributed by atoms with Gasteiger partial charge in [-0.1, -0.05) is 29.8 Å². The molecule has 0 atom stereocenters. The van der Waals surface area contributed by atoms with Crippen molar-refractivity contribution in [2.45, 2.75) is 29.4 Å². The van der Waals surface area contributed by atoms with Gasteiger partial charge in [-0.3, -0.25) is 0 Å². The number of thioether (sulfide) groups is 1. The highest BCUT2D eigenvalue weighted by molar-refractivity contribution is 8.15. The molecule has 0 unspecified atom stereocenters. The molecule has 0 amide bonds. The lowest BCUT2D eigenvalue weighted by atomic mass is 10.0. The molecular formula is C11H11ClN2O2S2. The van der Waals surface area contributed by atoms with Crippen LogP contribution in [0.2, 0.25) is 5.02 Å². The van der Waals surface area contributed by atoms with Crippen LogP contribution in [0.4, 0.5) is 5.69 Å². The standard InChI is InChI=1S/C11H11ClN2O2S2/c12-7-4-5-10-9(6-7)13-11(14-18(10,15)16)17-8-2-1-3-8/h4-6,8H,1-3H2,(H,13,14). The Morgan fingerprint density at radius 3 is 2.83 bits per heavy atom. The maximum atomic E-state index is 12.0. The van der Waals surface area contributed by atoms with Crippen LogP contribution in [0.1, 0.15) is 19.3 Å². The van der Waals surface area contributed by atoms with Crippen molar-refractivity contribution in [1.29, 1.82) is 0 Å². The smallest absolute Gasteiger partial charge is 0.286 e. The first-order valence-corrected chi connectivity index (χ1v) is 8.32. The Labute approximate surface area is 115 Å². The normalized spacial score (nSPS) is 21.5. The number of sulfonamides is 1. The van der Waals surface area contributed by atoms with Crippen molar-refractivity contribution in [1.82, 2.24) is 0 Å². The summed E-state index contributed by atoms with van der Waals surface area (Å²) in [4.78, 5) is 0.185. The van der Waals surface area contributed by atoms with Gasteiger partial charge in [-0.25, -0.2) is 0 Å². The van der Waals surface area contributed by atoms with Gasteiger partial charge in [0.25, 0.3) is 10.0 Å². The second kappa shape index (κ2) is 4.43. The molecule has 1 heterocycles. The Hall–Kier alpha value is -0.720. The first-order chi connectivity index (χ1) is 8.54. The van der Waals surface area contributed by atoms with E-state index < -0.39 is 10.0 Å². The van der Waals surface area contributed by atoms with Gasteiger partial charge in [0.05, 0.1) is 5.69 Å². The summed E-state index contributed by atoms with van der Waals surface area (Å²) in [5.41, 5.74) is 0.513. The van der Waals surface area contributed by atoms with E-state index in [2.05, 4.69) is 9.71 Å². The van der Waals surface area contributed by atoms with E-state index in [0.717, 1.165) is 12.8 Å². The fourth-order valence-electron chi connectivity index (χ4n) is 1.82. The van der Waals surface area contributed by atoms with Crippen molar-refractivity contribution in [2.24, 2.45) is 4.40 Å². The van der Waals surface area contributed by atoms with Gasteiger partial charge < -0.3 is 5.32 Å². The molecule has 1 aromatic carbocycles. The lowest BCUT2D eigenvalue weighted by Gasteiger charge is -2.26. The van der Waals surface area contributed by atoms with Gasteiger partial charge in [0.1, 0.15) is 4.90 Å². The molecule has 3 rings (SSSR count). The number of halogens is 1. The number of anilines is 1. The zero-order chi connectivity index (χ0) is 12.8. The molecule has 18 heavy (non-hydrogen) atoms. The van der Waals surface area contributed by atoms with Gasteiger partial charge in [-0.2, -0.15) is 8.42 Å². The summed E-state index contributed by atoms with van der Waals surface area (Å²) in [6, 6.07) is 4.65. The van der Waals surface area contributed by atoms with Crippen LogP contribution in [0.3, 0.4) is 0 Å². The van der Waals surface area contributed by atoms with E-state index in [4.69, 9.17) is 11.6 Å². The molecule has 1 aliphatic carbocycles. The highest BCUT2D eigenvalue weighted by atomic mass is 35.5. The fraction of sp³-hybridized carbons (Fsp3) is 0.364. The average molecular weight is 303 g/mol. The molecule has 1 N–H and O–H groups in total. The zero-order valence-corrected chi connectivity index (χ0v) is 11.8. The van der Waals surface area contributed by atoms with Crippen molar-refractivity contribution in [3.8, 4) is 0 Å². The third kappa shape index (κ3) is 2.24. The van der Waals surface area contributed by atoms with Crippen molar-refractivity contribution < 1.29 is 8.42 Å². The molecule has 0 spiro atoms. The minimum Gasteiger partial charge on any atom is -0.333 e. The van der Waals surface area contributed by atoms with E-state index in [1.807, 2.05) is 0 Å². The van der Waals surface area contributed by atoms with Crippen molar-refractivity contribution >= 4 is 44.2 Å². The minimum atomic E-state index is -3.59. The van der Waals surface area contributed by atoms with Crippen molar-refractivity contribution in [2.75, 3.05) is 5.32 Å². The number of nitrogens with zero attached hydrogens (tertiary/aromatic N) is 1. The van der Waals surface area contributed by atoms with Crippen LogP contribution in [0.15, 0.2) is 27.5 Å². The highest BCUT2D eigenvalue weighted by Gasteiger charge is 2.28. The molecule has 0 bridgehead atoms. The van der Waals surface area contributed by atoms with Crippen molar-refractivity contribution in [3.05, 3.63) is 23.2 Å². The van der Waals surface area contributed by atoms with E-state index in [1.165, 1.54) is 24.2 Å². The van der Waals surface area contributed by atoms with Crippen LogP contribution >= 0.6 is 23.4 Å². The summed E-state index contributed by atoms with van der Waals surface area (Å²) in [7, 11) is -3.59. The van der Waals surface area contributed by atoms with Crippen LogP contribution in [-0.2, 0) is 10.0 Å². The van der Waals surface area contributed by atoms with Crippen LogP contribution < -0.4 is 5.32 Å².